The van der Waals surface area contributed by atoms with E-state index in [2.05, 4.69) is 19.1 Å². The Morgan fingerprint density at radius 1 is 1.50 bits per heavy atom. The van der Waals surface area contributed by atoms with Gasteiger partial charge in [-0.25, -0.2) is 0 Å². The van der Waals surface area contributed by atoms with Crippen molar-refractivity contribution >= 4 is 34.2 Å². The Kier molecular flexibility index (Phi) is 2.59. The minimum atomic E-state index is 0.187. The standard InChI is InChI=1S/C12H15NOS2/c1-7-8-2-3-9(6-8)10(7)11(14)13-4-5-16-12(13)15/h2-3,7-10H,4-6H2,1H3/t7-,8?,9?,10+/m1/s1. The molecule has 0 N–H and O–H groups in total. The molecule has 0 radical (unpaired) electrons. The van der Waals surface area contributed by atoms with Crippen LogP contribution < -0.4 is 0 Å². The molecule has 3 aliphatic rings. The fourth-order valence-electron chi connectivity index (χ4n) is 3.25. The Balaban J connectivity index is 1.81. The van der Waals surface area contributed by atoms with Crippen molar-refractivity contribution in [3.05, 3.63) is 12.2 Å². The maximum atomic E-state index is 12.4. The molecule has 2 unspecified atom stereocenters. The van der Waals surface area contributed by atoms with Crippen LogP contribution in [0.4, 0.5) is 0 Å². The van der Waals surface area contributed by atoms with Gasteiger partial charge in [-0.2, -0.15) is 0 Å². The van der Waals surface area contributed by atoms with Gasteiger partial charge in [-0.3, -0.25) is 9.69 Å². The van der Waals surface area contributed by atoms with E-state index in [9.17, 15) is 4.79 Å². The van der Waals surface area contributed by atoms with Gasteiger partial charge in [0.25, 0.3) is 0 Å². The number of hydrogen-bond donors (Lipinski definition) is 0. The van der Waals surface area contributed by atoms with Crippen LogP contribution >= 0.6 is 24.0 Å². The fourth-order valence-corrected chi connectivity index (χ4v) is 4.47. The Labute approximate surface area is 105 Å². The summed E-state index contributed by atoms with van der Waals surface area (Å²) in [6.07, 6.45) is 5.70. The van der Waals surface area contributed by atoms with Gasteiger partial charge < -0.3 is 0 Å². The first-order chi connectivity index (χ1) is 7.68. The molecule has 2 bridgehead atoms. The second kappa shape index (κ2) is 3.84. The lowest BCUT2D eigenvalue weighted by Gasteiger charge is -2.27. The second-order valence-electron chi connectivity index (χ2n) is 4.94. The van der Waals surface area contributed by atoms with E-state index in [-0.39, 0.29) is 11.8 Å². The van der Waals surface area contributed by atoms with Crippen LogP contribution in [-0.4, -0.2) is 27.4 Å². The third kappa shape index (κ3) is 1.46. The van der Waals surface area contributed by atoms with E-state index in [1.165, 1.54) is 6.42 Å². The summed E-state index contributed by atoms with van der Waals surface area (Å²) in [7, 11) is 0. The smallest absolute Gasteiger partial charge is 0.232 e. The van der Waals surface area contributed by atoms with Crippen LogP contribution in [0.2, 0.25) is 0 Å². The van der Waals surface area contributed by atoms with E-state index in [1.807, 2.05) is 4.90 Å². The molecule has 1 aliphatic heterocycles. The van der Waals surface area contributed by atoms with Crippen molar-refractivity contribution in [1.82, 2.24) is 4.90 Å². The summed E-state index contributed by atoms with van der Waals surface area (Å²) in [6.45, 7) is 3.02. The second-order valence-corrected chi connectivity index (χ2v) is 6.67. The van der Waals surface area contributed by atoms with Gasteiger partial charge in [-0.05, 0) is 24.2 Å². The lowest BCUT2D eigenvalue weighted by Crippen LogP contribution is -2.40. The van der Waals surface area contributed by atoms with Crippen LogP contribution in [-0.2, 0) is 4.79 Å². The molecular formula is C12H15NOS2. The molecule has 1 saturated carbocycles. The van der Waals surface area contributed by atoms with Crippen LogP contribution in [0, 0.1) is 23.7 Å². The number of thiocarbonyl (C=S) groups is 1. The summed E-state index contributed by atoms with van der Waals surface area (Å²) in [6, 6.07) is 0. The summed E-state index contributed by atoms with van der Waals surface area (Å²) >= 11 is 6.86. The quantitative estimate of drug-likeness (QED) is 0.528. The minimum absolute atomic E-state index is 0.187. The maximum Gasteiger partial charge on any atom is 0.232 e. The Morgan fingerprint density at radius 3 is 2.81 bits per heavy atom. The number of allylic oxidation sites excluding steroid dienone is 2. The predicted molar refractivity (Wildman–Crippen MR) is 70.2 cm³/mol. The van der Waals surface area contributed by atoms with E-state index < -0.39 is 0 Å². The molecule has 3 rings (SSSR count). The highest BCUT2D eigenvalue weighted by Gasteiger charge is 2.47. The fraction of sp³-hybridized carbons (Fsp3) is 0.667. The normalized spacial score (nSPS) is 41.1. The van der Waals surface area contributed by atoms with Crippen LogP contribution in [0.15, 0.2) is 12.2 Å². The number of amides is 1. The van der Waals surface area contributed by atoms with Crippen molar-refractivity contribution < 1.29 is 4.79 Å². The molecule has 0 spiro atoms. The first kappa shape index (κ1) is 10.8. The average Bonchev–Trinajstić information content (AvgIpc) is 2.92. The molecule has 86 valence electrons. The van der Waals surface area contributed by atoms with Gasteiger partial charge in [-0.1, -0.05) is 43.1 Å². The molecule has 0 aromatic heterocycles. The van der Waals surface area contributed by atoms with E-state index in [1.54, 1.807) is 11.8 Å². The largest absolute Gasteiger partial charge is 0.297 e. The Hall–Kier alpha value is -0.350. The zero-order valence-corrected chi connectivity index (χ0v) is 10.9. The van der Waals surface area contributed by atoms with Crippen molar-refractivity contribution in [1.29, 1.82) is 0 Å². The molecule has 2 aliphatic carbocycles. The van der Waals surface area contributed by atoms with Crippen molar-refractivity contribution in [2.75, 3.05) is 12.3 Å². The molecule has 1 amide bonds. The van der Waals surface area contributed by atoms with E-state index >= 15 is 0 Å². The van der Waals surface area contributed by atoms with Gasteiger partial charge in [0.2, 0.25) is 5.91 Å². The number of carbonyl (C=O) groups excluding carboxylic acids is 1. The van der Waals surface area contributed by atoms with Crippen LogP contribution in [0.3, 0.4) is 0 Å². The van der Waals surface area contributed by atoms with Gasteiger partial charge in [0, 0.05) is 18.2 Å². The number of fused-ring (bicyclic) bond motifs is 2. The lowest BCUT2D eigenvalue weighted by atomic mass is 9.83. The number of carbonyl (C=O) groups is 1. The molecule has 0 aromatic rings. The summed E-state index contributed by atoms with van der Waals surface area (Å²) in [4.78, 5) is 14.3. The van der Waals surface area contributed by atoms with Gasteiger partial charge in [0.1, 0.15) is 4.32 Å². The maximum absolute atomic E-state index is 12.4. The molecule has 1 saturated heterocycles. The zero-order chi connectivity index (χ0) is 11.3. The Morgan fingerprint density at radius 2 is 2.25 bits per heavy atom. The summed E-state index contributed by atoms with van der Waals surface area (Å²) in [5, 5.41) is 0. The highest BCUT2D eigenvalue weighted by atomic mass is 32.2. The summed E-state index contributed by atoms with van der Waals surface area (Å²) in [5.41, 5.74) is 0. The van der Waals surface area contributed by atoms with Crippen molar-refractivity contribution in [2.45, 2.75) is 13.3 Å². The molecule has 2 nitrogen and oxygen atoms in total. The molecular weight excluding hydrogens is 238 g/mol. The van der Waals surface area contributed by atoms with E-state index in [0.717, 1.165) is 16.6 Å². The van der Waals surface area contributed by atoms with Gasteiger partial charge in [0.05, 0.1) is 0 Å². The van der Waals surface area contributed by atoms with Gasteiger partial charge in [-0.15, -0.1) is 0 Å². The van der Waals surface area contributed by atoms with Crippen molar-refractivity contribution in [3.63, 3.8) is 0 Å². The van der Waals surface area contributed by atoms with E-state index in [0.29, 0.717) is 17.8 Å². The Bertz CT molecular complexity index is 379. The van der Waals surface area contributed by atoms with Gasteiger partial charge >= 0.3 is 0 Å². The molecule has 4 atom stereocenters. The monoisotopic (exact) mass is 253 g/mol. The summed E-state index contributed by atoms with van der Waals surface area (Å²) in [5.74, 6) is 3.03. The molecule has 0 aromatic carbocycles. The molecule has 2 fully saturated rings. The van der Waals surface area contributed by atoms with Crippen LogP contribution in [0.25, 0.3) is 0 Å². The number of hydrogen-bond acceptors (Lipinski definition) is 3. The number of rotatable bonds is 1. The topological polar surface area (TPSA) is 20.3 Å². The van der Waals surface area contributed by atoms with Crippen molar-refractivity contribution in [2.24, 2.45) is 23.7 Å². The minimum Gasteiger partial charge on any atom is -0.297 e. The van der Waals surface area contributed by atoms with E-state index in [4.69, 9.17) is 12.2 Å². The average molecular weight is 253 g/mol. The van der Waals surface area contributed by atoms with Crippen LogP contribution in [0.5, 0.6) is 0 Å². The first-order valence-electron chi connectivity index (χ1n) is 5.85. The van der Waals surface area contributed by atoms with Crippen LogP contribution in [0.1, 0.15) is 13.3 Å². The summed E-state index contributed by atoms with van der Waals surface area (Å²) < 4.78 is 0.781. The zero-order valence-electron chi connectivity index (χ0n) is 9.26. The number of thioether (sulfide) groups is 1. The third-order valence-electron chi connectivity index (χ3n) is 4.16. The molecule has 16 heavy (non-hydrogen) atoms. The third-order valence-corrected chi connectivity index (χ3v) is 5.59. The highest BCUT2D eigenvalue weighted by Crippen LogP contribution is 2.48. The number of nitrogens with zero attached hydrogens (tertiary/aromatic N) is 1. The lowest BCUT2D eigenvalue weighted by molar-refractivity contribution is -0.133. The highest BCUT2D eigenvalue weighted by molar-refractivity contribution is 8.23. The SMILES string of the molecule is C[C@@H]1C2C=CC(C2)[C@H]1C(=O)N1CCSC1=S. The van der Waals surface area contributed by atoms with Gasteiger partial charge in [0.15, 0.2) is 0 Å². The van der Waals surface area contributed by atoms with Crippen molar-refractivity contribution in [3.8, 4) is 0 Å². The predicted octanol–water partition coefficient (Wildman–Crippen LogP) is 2.30. The molecule has 1 heterocycles. The molecule has 4 heteroatoms. The first-order valence-corrected chi connectivity index (χ1v) is 7.24.